The number of nitrogens with zero attached hydrogens (tertiary/aromatic N) is 2. The SMILES string of the molecule is C=C[C@@H]1C=N[C@@H](c2ccccc2)P1N(CCCC)P(c1ccccc1)c1ccccc1. The zero-order valence-corrected chi connectivity index (χ0v) is 19.9. The van der Waals surface area contributed by atoms with Crippen LogP contribution in [0, 0.1) is 0 Å². The van der Waals surface area contributed by atoms with Gasteiger partial charge in [0.2, 0.25) is 0 Å². The molecule has 0 amide bonds. The van der Waals surface area contributed by atoms with E-state index in [1.807, 2.05) is 0 Å². The van der Waals surface area contributed by atoms with E-state index < -0.39 is 16.1 Å². The molecule has 158 valence electrons. The molecule has 1 aliphatic rings. The first kappa shape index (κ1) is 22.1. The van der Waals surface area contributed by atoms with Crippen LogP contribution in [-0.2, 0) is 0 Å². The summed E-state index contributed by atoms with van der Waals surface area (Å²) >= 11 is 0. The van der Waals surface area contributed by atoms with E-state index in [1.54, 1.807) is 0 Å². The van der Waals surface area contributed by atoms with Crippen LogP contribution in [0.3, 0.4) is 0 Å². The summed E-state index contributed by atoms with van der Waals surface area (Å²) < 4.78 is 2.82. The maximum atomic E-state index is 5.04. The van der Waals surface area contributed by atoms with Crippen molar-refractivity contribution in [2.75, 3.05) is 6.54 Å². The van der Waals surface area contributed by atoms with Crippen molar-refractivity contribution in [1.29, 1.82) is 0 Å². The number of aliphatic imine (C=N–C) groups is 1. The molecule has 4 rings (SSSR count). The van der Waals surface area contributed by atoms with Gasteiger partial charge in [-0.05, 0) is 22.6 Å². The van der Waals surface area contributed by atoms with E-state index in [2.05, 4.69) is 121 Å². The second-order valence-electron chi connectivity index (χ2n) is 7.62. The first-order chi connectivity index (χ1) is 15.3. The van der Waals surface area contributed by atoms with E-state index in [4.69, 9.17) is 4.99 Å². The number of allylic oxidation sites excluding steroid dienone is 1. The first-order valence-corrected chi connectivity index (χ1v) is 13.7. The van der Waals surface area contributed by atoms with Crippen molar-refractivity contribution in [2.24, 2.45) is 4.99 Å². The number of hydrogen-bond donors (Lipinski definition) is 0. The zero-order chi connectivity index (χ0) is 21.5. The van der Waals surface area contributed by atoms with Gasteiger partial charge in [0.1, 0.15) is 5.78 Å². The molecule has 0 saturated carbocycles. The third-order valence-electron chi connectivity index (χ3n) is 5.49. The van der Waals surface area contributed by atoms with Gasteiger partial charge in [0.25, 0.3) is 0 Å². The molecule has 1 aliphatic heterocycles. The summed E-state index contributed by atoms with van der Waals surface area (Å²) in [6.45, 7) is 7.55. The summed E-state index contributed by atoms with van der Waals surface area (Å²) in [6, 6.07) is 32.9. The first-order valence-electron chi connectivity index (χ1n) is 11.0. The number of benzene rings is 3. The van der Waals surface area contributed by atoms with Gasteiger partial charge in [-0.25, -0.2) is 4.44 Å². The maximum absolute atomic E-state index is 5.04. The lowest BCUT2D eigenvalue weighted by Gasteiger charge is -2.41. The van der Waals surface area contributed by atoms with E-state index >= 15 is 0 Å². The molecule has 3 aromatic carbocycles. The van der Waals surface area contributed by atoms with Crippen molar-refractivity contribution in [3.8, 4) is 0 Å². The molecule has 1 heterocycles. The molecule has 0 spiro atoms. The minimum Gasteiger partial charge on any atom is -0.282 e. The van der Waals surface area contributed by atoms with E-state index in [0.717, 1.165) is 6.54 Å². The Kier molecular flexibility index (Phi) is 7.81. The molecule has 0 N–H and O–H groups in total. The van der Waals surface area contributed by atoms with Crippen LogP contribution in [0.2, 0.25) is 0 Å². The Bertz CT molecular complexity index is 936. The highest BCUT2D eigenvalue weighted by Gasteiger charge is 2.40. The highest BCUT2D eigenvalue weighted by molar-refractivity contribution is 7.80. The Hall–Kier alpha value is -2.11. The topological polar surface area (TPSA) is 15.6 Å². The average molecular weight is 444 g/mol. The Morgan fingerprint density at radius 3 is 1.97 bits per heavy atom. The standard InChI is InChI=1S/C27H30N2P2/c1-3-5-21-29(30(25-17-11-7-12-18-25)26-19-13-8-14-20-26)31-24(4-2)22-28-27(31)23-15-9-6-10-16-23/h4,6-20,22,24,27H,2-3,5,21H2,1H3/t24-,27-,31?/m1/s1. The maximum Gasteiger partial charge on any atom is 0.108 e. The smallest absolute Gasteiger partial charge is 0.108 e. The molecule has 3 aromatic rings. The Morgan fingerprint density at radius 1 is 0.903 bits per heavy atom. The van der Waals surface area contributed by atoms with Gasteiger partial charge in [-0.3, -0.25) is 4.99 Å². The minimum absolute atomic E-state index is 0.188. The van der Waals surface area contributed by atoms with Gasteiger partial charge in [0.05, 0.1) is 0 Å². The molecule has 0 saturated heterocycles. The van der Waals surface area contributed by atoms with E-state index in [9.17, 15) is 0 Å². The lowest BCUT2D eigenvalue weighted by Crippen LogP contribution is -2.29. The lowest BCUT2D eigenvalue weighted by molar-refractivity contribution is 0.633. The molecule has 31 heavy (non-hydrogen) atoms. The zero-order valence-electron chi connectivity index (χ0n) is 18.1. The molecular weight excluding hydrogens is 414 g/mol. The molecule has 3 atom stereocenters. The fraction of sp³-hybridized carbons (Fsp3) is 0.222. The normalized spacial score (nSPS) is 20.4. The molecule has 2 nitrogen and oxygen atoms in total. The fourth-order valence-electron chi connectivity index (χ4n) is 3.95. The Balaban J connectivity index is 1.82. The van der Waals surface area contributed by atoms with Crippen molar-refractivity contribution in [3.63, 3.8) is 0 Å². The van der Waals surface area contributed by atoms with Crippen LogP contribution in [0.15, 0.2) is 109 Å². The van der Waals surface area contributed by atoms with Crippen LogP contribution in [0.1, 0.15) is 31.1 Å². The van der Waals surface area contributed by atoms with Crippen LogP contribution in [-0.4, -0.2) is 22.9 Å². The van der Waals surface area contributed by atoms with Crippen LogP contribution >= 0.6 is 16.1 Å². The van der Waals surface area contributed by atoms with Crippen molar-refractivity contribution in [2.45, 2.75) is 31.2 Å². The van der Waals surface area contributed by atoms with E-state index in [0.29, 0.717) is 5.66 Å². The summed E-state index contributed by atoms with van der Waals surface area (Å²) in [5.41, 5.74) is 1.61. The van der Waals surface area contributed by atoms with Gasteiger partial charge < -0.3 is 0 Å². The van der Waals surface area contributed by atoms with Crippen molar-refractivity contribution >= 4 is 33.0 Å². The molecule has 0 fully saturated rings. The van der Waals surface area contributed by atoms with Gasteiger partial charge in [0.15, 0.2) is 0 Å². The predicted octanol–water partition coefficient (Wildman–Crippen LogP) is 6.87. The summed E-state index contributed by atoms with van der Waals surface area (Å²) in [7, 11) is -1.24. The van der Waals surface area contributed by atoms with Crippen molar-refractivity contribution < 1.29 is 0 Å². The third-order valence-corrected chi connectivity index (χ3v) is 11.5. The molecule has 0 bridgehead atoms. The molecule has 0 radical (unpaired) electrons. The summed E-state index contributed by atoms with van der Waals surface area (Å²) in [5, 5.41) is 2.81. The Morgan fingerprint density at radius 2 is 1.45 bits per heavy atom. The number of unbranched alkanes of at least 4 members (excludes halogenated alkanes) is 1. The number of rotatable bonds is 9. The van der Waals surface area contributed by atoms with Gasteiger partial charge >= 0.3 is 0 Å². The lowest BCUT2D eigenvalue weighted by atomic mass is 10.2. The second kappa shape index (κ2) is 11.0. The third kappa shape index (κ3) is 5.04. The van der Waals surface area contributed by atoms with E-state index in [1.165, 1.54) is 29.0 Å². The summed E-state index contributed by atoms with van der Waals surface area (Å²) in [6.07, 6.45) is 6.63. The monoisotopic (exact) mass is 444 g/mol. The average Bonchev–Trinajstić information content (AvgIpc) is 3.27. The summed E-state index contributed by atoms with van der Waals surface area (Å²) in [5.74, 6) is 0.188. The largest absolute Gasteiger partial charge is 0.282 e. The molecule has 0 aliphatic carbocycles. The number of hydrogen-bond acceptors (Lipinski definition) is 2. The quantitative estimate of drug-likeness (QED) is 0.260. The minimum atomic E-state index is -0.652. The van der Waals surface area contributed by atoms with Gasteiger partial charge in [0, 0.05) is 34.6 Å². The molecular formula is C27H30N2P2. The molecule has 4 heteroatoms. The van der Waals surface area contributed by atoms with Gasteiger partial charge in [-0.1, -0.05) is 110 Å². The highest BCUT2D eigenvalue weighted by atomic mass is 31.2. The van der Waals surface area contributed by atoms with Crippen LogP contribution < -0.4 is 10.6 Å². The van der Waals surface area contributed by atoms with E-state index in [-0.39, 0.29) is 5.78 Å². The molecule has 1 unspecified atom stereocenters. The van der Waals surface area contributed by atoms with Crippen molar-refractivity contribution in [3.05, 3.63) is 109 Å². The van der Waals surface area contributed by atoms with Gasteiger partial charge in [-0.15, -0.1) is 6.58 Å². The van der Waals surface area contributed by atoms with Gasteiger partial charge in [-0.2, -0.15) is 0 Å². The second-order valence-corrected chi connectivity index (χ2v) is 12.4. The van der Waals surface area contributed by atoms with Crippen LogP contribution in [0.5, 0.6) is 0 Å². The molecule has 0 aromatic heterocycles. The Labute approximate surface area is 189 Å². The van der Waals surface area contributed by atoms with Crippen LogP contribution in [0.25, 0.3) is 0 Å². The fourth-order valence-corrected chi connectivity index (χ4v) is 10.5. The summed E-state index contributed by atoms with van der Waals surface area (Å²) in [4.78, 5) is 5.04. The van der Waals surface area contributed by atoms with Crippen LogP contribution in [0.4, 0.5) is 0 Å². The predicted molar refractivity (Wildman–Crippen MR) is 139 cm³/mol. The highest BCUT2D eigenvalue weighted by Crippen LogP contribution is 2.68. The van der Waals surface area contributed by atoms with Crippen molar-refractivity contribution in [1.82, 2.24) is 4.44 Å².